The molecular weight excluding hydrogens is 1110 g/mol. The summed E-state index contributed by atoms with van der Waals surface area (Å²) in [6, 6.07) is 17.0. The molecule has 0 saturated carbocycles. The van der Waals surface area contributed by atoms with E-state index in [4.69, 9.17) is 28.9 Å². The van der Waals surface area contributed by atoms with Gasteiger partial charge in [0, 0.05) is 171 Å². The van der Waals surface area contributed by atoms with Crippen molar-refractivity contribution in [1.82, 2.24) is 79.2 Å². The van der Waals surface area contributed by atoms with Crippen LogP contribution in [-0.4, -0.2) is 152 Å². The van der Waals surface area contributed by atoms with Crippen LogP contribution in [0.3, 0.4) is 0 Å². The van der Waals surface area contributed by atoms with E-state index in [-0.39, 0.29) is 25.2 Å². The highest BCUT2D eigenvalue weighted by Crippen LogP contribution is 2.26. The molecule has 12 rings (SSSR count). The van der Waals surface area contributed by atoms with Crippen LogP contribution in [0, 0.1) is 23.3 Å². The van der Waals surface area contributed by atoms with Crippen molar-refractivity contribution in [2.45, 2.75) is 72.9 Å². The van der Waals surface area contributed by atoms with Crippen molar-refractivity contribution in [2.75, 3.05) is 58.9 Å². The zero-order chi connectivity index (χ0) is 59.2. The van der Waals surface area contributed by atoms with E-state index in [9.17, 15) is 27.2 Å². The molecule has 10 aromatic rings. The van der Waals surface area contributed by atoms with Crippen molar-refractivity contribution in [3.05, 3.63) is 167 Å². The maximum absolute atomic E-state index is 13.3. The highest BCUT2D eigenvalue weighted by Gasteiger charge is 2.23. The number of hydrogen-bond acceptors (Lipinski definition) is 11. The summed E-state index contributed by atoms with van der Waals surface area (Å²) in [6.07, 6.45) is 13.3. The molecule has 2 fully saturated rings. The van der Waals surface area contributed by atoms with Crippen LogP contribution in [0.5, 0.6) is 0 Å². The number of nitrogens with one attached hydrogen (secondary N) is 6. The minimum absolute atomic E-state index is 0.146. The lowest BCUT2D eigenvalue weighted by atomic mass is 10.1. The molecule has 8 heterocycles. The van der Waals surface area contributed by atoms with Gasteiger partial charge in [-0.1, -0.05) is 30.1 Å². The first-order chi connectivity index (χ1) is 40.0. The van der Waals surface area contributed by atoms with E-state index in [0.29, 0.717) is 63.9 Å². The molecule has 8 N–H and O–H groups in total. The molecule has 0 spiro atoms. The highest BCUT2D eigenvalue weighted by atomic mass is 35.5. The Morgan fingerprint density at radius 3 is 1.57 bits per heavy atom. The molecule has 2 aliphatic heterocycles. The third kappa shape index (κ3) is 16.6. The number of rotatable bonds is 10. The van der Waals surface area contributed by atoms with Gasteiger partial charge in [-0.2, -0.15) is 0 Å². The molecule has 4 aromatic carbocycles. The molecular formula is C58H69Cl2F4N17O2. The van der Waals surface area contributed by atoms with Crippen LogP contribution in [0.1, 0.15) is 57.4 Å². The van der Waals surface area contributed by atoms with Crippen LogP contribution in [-0.2, 0) is 26.2 Å². The second-order valence-corrected chi connectivity index (χ2v) is 21.2. The highest BCUT2D eigenvalue weighted by molar-refractivity contribution is 6.31. The van der Waals surface area contributed by atoms with E-state index < -0.39 is 23.3 Å². The molecule has 19 nitrogen and oxygen atoms in total. The molecule has 25 heteroatoms. The predicted octanol–water partition coefficient (Wildman–Crippen LogP) is 10.3. The molecule has 0 aliphatic carbocycles. The SMILES string of the molecule is CCN(C(C)C)C(C)C.Clc1ccc2[nH]cc(CN3CCNCC3)c2c1.NCc1nc2cc(F)c(F)cc2[nH]1.O=C(NCc1nc2cc(F)c(F)cc2[nH]1)N1CCN(Cc2c[nH]c3ccc(Cl)cc23)CC1.O=C(n1ccnc1)n1ccnc1. The number of carbonyl (C=O) groups excluding carboxylic acids is 2. The number of urea groups is 1. The van der Waals surface area contributed by atoms with Gasteiger partial charge in [0.2, 0.25) is 0 Å². The van der Waals surface area contributed by atoms with E-state index in [1.165, 1.54) is 43.8 Å². The van der Waals surface area contributed by atoms with Gasteiger partial charge in [0.05, 0.1) is 35.2 Å². The van der Waals surface area contributed by atoms with Crippen LogP contribution < -0.4 is 16.4 Å². The number of piperazine rings is 2. The van der Waals surface area contributed by atoms with Crippen molar-refractivity contribution in [3.8, 4) is 0 Å². The number of imidazole rings is 4. The van der Waals surface area contributed by atoms with E-state index in [0.717, 1.165) is 99.1 Å². The number of benzene rings is 4. The van der Waals surface area contributed by atoms with Crippen molar-refractivity contribution in [1.29, 1.82) is 0 Å². The lowest BCUT2D eigenvalue weighted by Crippen LogP contribution is -2.51. The Hall–Kier alpha value is -7.64. The summed E-state index contributed by atoms with van der Waals surface area (Å²) in [5.41, 5.74) is 11.6. The zero-order valence-corrected chi connectivity index (χ0v) is 48.4. The average molecular weight is 1180 g/mol. The molecule has 83 heavy (non-hydrogen) atoms. The summed E-state index contributed by atoms with van der Waals surface area (Å²) in [5, 5.41) is 10.1. The van der Waals surface area contributed by atoms with Gasteiger partial charge in [-0.25, -0.2) is 47.1 Å². The Bertz CT molecular complexity index is 3560. The second kappa shape index (κ2) is 29.1. The monoisotopic (exact) mass is 1180 g/mol. The maximum atomic E-state index is 13.3. The zero-order valence-electron chi connectivity index (χ0n) is 46.9. The first-order valence-electron chi connectivity index (χ1n) is 27.3. The standard InChI is InChI=1S/C22H21ClF2N6O.C13H16ClN3.C8H7F2N3.C8H19N.C7H6N4O/c23-14-1-2-18-15(7-14)13(10-26-18)12-30-3-5-31(6-4-30)22(32)27-11-21-28-19-8-16(24)17(25)9-20(19)29-21;14-11-1-2-13-12(7-11)10(8-16-13)9-17-5-3-15-4-6-17;9-4-1-6-7(2-5(4)10)13-8(3-11)12-6;1-6-9(7(2)3)8(4)5;12-7(10-3-1-8-5-10)11-4-2-9-6-11/h1-2,7-10,26H,3-6,11-12H2,(H,27,32)(H,28,29);1-2,7-8,15-16H,3-6,9H2;1-2H,3,11H2,(H,12,13);7-8H,6H2,1-5H3;1-6H. The number of nitrogens with zero attached hydrogens (tertiary/aromatic N) is 10. The number of H-pyrrole nitrogens is 4. The Balaban J connectivity index is 0.000000148. The van der Waals surface area contributed by atoms with Gasteiger partial charge in [-0.15, -0.1) is 0 Å². The van der Waals surface area contributed by atoms with E-state index in [1.807, 2.05) is 42.6 Å². The van der Waals surface area contributed by atoms with Gasteiger partial charge in [-0.3, -0.25) is 23.8 Å². The molecule has 440 valence electrons. The molecule has 0 radical (unpaired) electrons. The fourth-order valence-electron chi connectivity index (χ4n) is 9.79. The van der Waals surface area contributed by atoms with Crippen LogP contribution in [0.15, 0.2) is 110 Å². The van der Waals surface area contributed by atoms with Crippen LogP contribution in [0.4, 0.5) is 27.2 Å². The maximum Gasteiger partial charge on any atom is 0.338 e. The Morgan fingerprint density at radius 1 is 0.651 bits per heavy atom. The summed E-state index contributed by atoms with van der Waals surface area (Å²) in [6.45, 7) is 21.6. The largest absolute Gasteiger partial charge is 0.361 e. The third-order valence-electron chi connectivity index (χ3n) is 14.0. The fraction of sp³-hybridized carbons (Fsp3) is 0.345. The van der Waals surface area contributed by atoms with E-state index in [2.05, 4.69) is 106 Å². The summed E-state index contributed by atoms with van der Waals surface area (Å²) in [5.74, 6) is -2.73. The van der Waals surface area contributed by atoms with Gasteiger partial charge in [0.1, 0.15) is 24.3 Å². The van der Waals surface area contributed by atoms with Gasteiger partial charge >= 0.3 is 12.1 Å². The summed E-state index contributed by atoms with van der Waals surface area (Å²) < 4.78 is 54.9. The van der Waals surface area contributed by atoms with Crippen molar-refractivity contribution in [3.63, 3.8) is 0 Å². The van der Waals surface area contributed by atoms with E-state index in [1.54, 1.807) is 29.7 Å². The number of carbonyl (C=O) groups is 2. The number of halogens is 6. The topological polar surface area (TPSA) is 222 Å². The minimum atomic E-state index is -0.951. The van der Waals surface area contributed by atoms with E-state index >= 15 is 0 Å². The number of amides is 2. The lowest BCUT2D eigenvalue weighted by Gasteiger charge is -2.34. The molecule has 0 atom stereocenters. The first-order valence-corrected chi connectivity index (χ1v) is 28.0. The first kappa shape index (κ1) is 61.4. The Morgan fingerprint density at radius 2 is 1.12 bits per heavy atom. The second-order valence-electron chi connectivity index (χ2n) is 20.3. The fourth-order valence-corrected chi connectivity index (χ4v) is 10.1. The van der Waals surface area contributed by atoms with Crippen LogP contribution >= 0.6 is 23.2 Å². The average Bonchev–Trinajstić information content (AvgIpc) is 4.45. The van der Waals surface area contributed by atoms with Crippen molar-refractivity contribution in [2.24, 2.45) is 5.73 Å². The Labute approximate surface area is 487 Å². The van der Waals surface area contributed by atoms with Gasteiger partial charge < -0.3 is 41.2 Å². The molecule has 2 amide bonds. The molecule has 2 saturated heterocycles. The number of aromatic nitrogens is 10. The predicted molar refractivity (Wildman–Crippen MR) is 317 cm³/mol. The Kier molecular flexibility index (Phi) is 21.5. The number of hydrogen-bond donors (Lipinski definition) is 7. The molecule has 2 aliphatic rings. The number of aromatic amines is 4. The summed E-state index contributed by atoms with van der Waals surface area (Å²) in [4.78, 5) is 60.9. The molecule has 6 aromatic heterocycles. The van der Waals surface area contributed by atoms with Crippen LogP contribution in [0.2, 0.25) is 10.0 Å². The normalized spacial score (nSPS) is 13.9. The van der Waals surface area contributed by atoms with Gasteiger partial charge in [-0.05, 0) is 81.8 Å². The summed E-state index contributed by atoms with van der Waals surface area (Å²) in [7, 11) is 0. The summed E-state index contributed by atoms with van der Waals surface area (Å²) >= 11 is 12.2. The number of nitrogens with two attached hydrogens (primary N) is 1. The number of fused-ring (bicyclic) bond motifs is 4. The lowest BCUT2D eigenvalue weighted by molar-refractivity contribution is 0.135. The smallest absolute Gasteiger partial charge is 0.338 e. The van der Waals surface area contributed by atoms with Crippen LogP contribution in [0.25, 0.3) is 43.9 Å². The van der Waals surface area contributed by atoms with Gasteiger partial charge in [0.15, 0.2) is 23.3 Å². The third-order valence-corrected chi connectivity index (χ3v) is 14.5. The van der Waals surface area contributed by atoms with Crippen molar-refractivity contribution < 1.29 is 27.2 Å². The molecule has 0 unspecified atom stereocenters. The van der Waals surface area contributed by atoms with Crippen molar-refractivity contribution >= 4 is 79.1 Å². The molecule has 0 bridgehead atoms. The minimum Gasteiger partial charge on any atom is -0.361 e. The quantitative estimate of drug-likeness (QED) is 0.0639. The van der Waals surface area contributed by atoms with Gasteiger partial charge in [0.25, 0.3) is 0 Å².